The van der Waals surface area contributed by atoms with Crippen molar-refractivity contribution >= 4 is 11.6 Å². The Labute approximate surface area is 133 Å². The van der Waals surface area contributed by atoms with Crippen molar-refractivity contribution in [3.63, 3.8) is 0 Å². The second-order valence-corrected chi connectivity index (χ2v) is 6.33. The van der Waals surface area contributed by atoms with Crippen molar-refractivity contribution in [1.82, 2.24) is 0 Å². The van der Waals surface area contributed by atoms with Gasteiger partial charge < -0.3 is 4.74 Å². The van der Waals surface area contributed by atoms with Gasteiger partial charge in [-0.2, -0.15) is 0 Å². The maximum absolute atomic E-state index is 12.9. The molecular weight excluding hydrogens is 288 g/mol. The van der Waals surface area contributed by atoms with Crippen LogP contribution in [0.2, 0.25) is 0 Å². The van der Waals surface area contributed by atoms with Crippen LogP contribution in [0.1, 0.15) is 44.4 Å². The number of ketones is 2. The van der Waals surface area contributed by atoms with Gasteiger partial charge in [-0.3, -0.25) is 9.59 Å². The van der Waals surface area contributed by atoms with Gasteiger partial charge >= 0.3 is 0 Å². The van der Waals surface area contributed by atoms with Crippen LogP contribution in [0.4, 0.5) is 0 Å². The highest BCUT2D eigenvalue weighted by Gasteiger charge is 2.48. The predicted molar refractivity (Wildman–Crippen MR) is 84.2 cm³/mol. The third-order valence-corrected chi connectivity index (χ3v) is 5.18. The van der Waals surface area contributed by atoms with Crippen molar-refractivity contribution in [2.75, 3.05) is 0 Å². The van der Waals surface area contributed by atoms with E-state index in [0.717, 1.165) is 18.4 Å². The molecule has 112 valence electrons. The van der Waals surface area contributed by atoms with Crippen molar-refractivity contribution in [3.8, 4) is 0 Å². The second-order valence-electron chi connectivity index (χ2n) is 6.33. The number of rotatable bonds is 0. The Morgan fingerprint density at radius 1 is 0.870 bits per heavy atom. The monoisotopic (exact) mass is 302 g/mol. The summed E-state index contributed by atoms with van der Waals surface area (Å²) in [7, 11) is 0. The normalized spacial score (nSPS) is 24.5. The molecule has 5 rings (SSSR count). The van der Waals surface area contributed by atoms with Gasteiger partial charge in [-0.05, 0) is 24.0 Å². The first-order chi connectivity index (χ1) is 11.3. The van der Waals surface area contributed by atoms with Crippen LogP contribution < -0.4 is 0 Å². The molecule has 3 heteroatoms. The molecule has 1 heterocycles. The zero-order chi connectivity index (χ0) is 15.6. The molecule has 3 aliphatic rings. The largest absolute Gasteiger partial charge is 0.480 e. The van der Waals surface area contributed by atoms with Gasteiger partial charge in [0.1, 0.15) is 6.10 Å². The lowest BCUT2D eigenvalue weighted by Gasteiger charge is -2.28. The Hall–Kier alpha value is -2.68. The minimum Gasteiger partial charge on any atom is -0.480 e. The van der Waals surface area contributed by atoms with Crippen molar-refractivity contribution < 1.29 is 14.3 Å². The zero-order valence-electron chi connectivity index (χ0n) is 12.4. The summed E-state index contributed by atoms with van der Waals surface area (Å²) < 4.78 is 6.04. The van der Waals surface area contributed by atoms with Crippen LogP contribution >= 0.6 is 0 Å². The fourth-order valence-electron chi connectivity index (χ4n) is 4.11. The summed E-state index contributed by atoms with van der Waals surface area (Å²) in [5.41, 5.74) is 3.93. The fraction of sp³-hybridized carbons (Fsp3) is 0.200. The summed E-state index contributed by atoms with van der Waals surface area (Å²) in [4.78, 5) is 25.7. The molecule has 23 heavy (non-hydrogen) atoms. The topological polar surface area (TPSA) is 43.4 Å². The summed E-state index contributed by atoms with van der Waals surface area (Å²) in [6, 6.07) is 15.2. The first-order valence-electron chi connectivity index (χ1n) is 7.93. The molecule has 2 atom stereocenters. The number of ether oxygens (including phenoxy) is 1. The van der Waals surface area contributed by atoms with Crippen molar-refractivity contribution in [2.24, 2.45) is 5.92 Å². The van der Waals surface area contributed by atoms with E-state index < -0.39 is 0 Å². The fourth-order valence-corrected chi connectivity index (χ4v) is 4.11. The maximum atomic E-state index is 12.9. The molecule has 0 spiro atoms. The van der Waals surface area contributed by atoms with Gasteiger partial charge in [-0.1, -0.05) is 48.5 Å². The molecule has 0 N–H and O–H groups in total. The molecule has 0 radical (unpaired) electrons. The molecule has 2 aliphatic carbocycles. The lowest BCUT2D eigenvalue weighted by atomic mass is 9.75. The summed E-state index contributed by atoms with van der Waals surface area (Å²) >= 11 is 0. The second kappa shape index (κ2) is 4.42. The minimum absolute atomic E-state index is 0.00953. The number of aryl methyl sites for hydroxylation is 1. The van der Waals surface area contributed by atoms with Gasteiger partial charge in [0.05, 0.1) is 5.57 Å². The minimum atomic E-state index is -0.202. The number of carbonyl (C=O) groups excluding carboxylic acids is 2. The smallest absolute Gasteiger partial charge is 0.228 e. The quantitative estimate of drug-likeness (QED) is 0.746. The molecule has 1 aliphatic heterocycles. The van der Waals surface area contributed by atoms with Gasteiger partial charge in [-0.25, -0.2) is 0 Å². The lowest BCUT2D eigenvalue weighted by Crippen LogP contribution is -2.24. The average Bonchev–Trinajstić information content (AvgIpc) is 3.00. The summed E-state index contributed by atoms with van der Waals surface area (Å²) in [6.45, 7) is 0. The van der Waals surface area contributed by atoms with Crippen molar-refractivity contribution in [2.45, 2.75) is 18.9 Å². The molecular formula is C20H14O3. The van der Waals surface area contributed by atoms with E-state index >= 15 is 0 Å². The van der Waals surface area contributed by atoms with Gasteiger partial charge in [0, 0.05) is 17.0 Å². The Morgan fingerprint density at radius 2 is 1.57 bits per heavy atom. The molecule has 0 unspecified atom stereocenters. The molecule has 0 saturated heterocycles. The van der Waals surface area contributed by atoms with Crippen LogP contribution in [0.25, 0.3) is 0 Å². The summed E-state index contributed by atoms with van der Waals surface area (Å²) in [6.07, 6.45) is 1.56. The van der Waals surface area contributed by atoms with E-state index in [4.69, 9.17) is 4.74 Å². The van der Waals surface area contributed by atoms with Gasteiger partial charge in [-0.15, -0.1) is 0 Å². The third-order valence-electron chi connectivity index (χ3n) is 5.18. The average molecular weight is 302 g/mol. The molecule has 0 amide bonds. The molecule has 2 aromatic rings. The van der Waals surface area contributed by atoms with E-state index in [2.05, 4.69) is 6.07 Å². The van der Waals surface area contributed by atoms with Crippen molar-refractivity contribution in [3.05, 3.63) is 82.1 Å². The van der Waals surface area contributed by atoms with Gasteiger partial charge in [0.15, 0.2) is 11.5 Å². The Balaban J connectivity index is 1.66. The molecule has 0 fully saturated rings. The van der Waals surface area contributed by atoms with Crippen LogP contribution in [0.3, 0.4) is 0 Å². The Morgan fingerprint density at radius 3 is 2.39 bits per heavy atom. The van der Waals surface area contributed by atoms with Crippen LogP contribution in [-0.4, -0.2) is 11.6 Å². The number of Topliss-reactive ketones (excluding diaryl/α,β-unsaturated/α-hetero) is 2. The highest BCUT2D eigenvalue weighted by Crippen LogP contribution is 2.50. The number of hydrogen-bond acceptors (Lipinski definition) is 3. The Bertz CT molecular complexity index is 907. The van der Waals surface area contributed by atoms with Crippen LogP contribution in [0, 0.1) is 5.92 Å². The lowest BCUT2D eigenvalue weighted by molar-refractivity contribution is 0.0751. The molecule has 3 nitrogen and oxygen atoms in total. The summed E-state index contributed by atoms with van der Waals surface area (Å²) in [5.74, 6) is 0.0780. The van der Waals surface area contributed by atoms with Gasteiger partial charge in [0.25, 0.3) is 0 Å². The van der Waals surface area contributed by atoms with E-state index in [1.54, 1.807) is 24.3 Å². The summed E-state index contributed by atoms with van der Waals surface area (Å²) in [5, 5.41) is 0. The standard InChI is InChI=1S/C20H14O3/c21-17-13-7-3-4-8-14(13)18(22)20-16(17)15-10-9-11-5-1-2-6-12(11)19(15)23-20/h1-8,15,19H,9-10H2/t15-,19-/m0/s1. The number of allylic oxidation sites excluding steroid dienone is 1. The van der Waals surface area contributed by atoms with E-state index in [9.17, 15) is 9.59 Å². The van der Waals surface area contributed by atoms with Crippen LogP contribution in [0.5, 0.6) is 0 Å². The molecule has 0 bridgehead atoms. The number of carbonyl (C=O) groups is 2. The predicted octanol–water partition coefficient (Wildman–Crippen LogP) is 3.65. The maximum Gasteiger partial charge on any atom is 0.228 e. The first-order valence-corrected chi connectivity index (χ1v) is 7.93. The van der Waals surface area contributed by atoms with E-state index in [0.29, 0.717) is 16.7 Å². The Kier molecular flexibility index (Phi) is 2.46. The van der Waals surface area contributed by atoms with Crippen molar-refractivity contribution in [1.29, 1.82) is 0 Å². The number of fused-ring (bicyclic) bond motifs is 5. The van der Waals surface area contributed by atoms with E-state index in [-0.39, 0.29) is 29.3 Å². The van der Waals surface area contributed by atoms with E-state index in [1.807, 2.05) is 18.2 Å². The zero-order valence-corrected chi connectivity index (χ0v) is 12.4. The van der Waals surface area contributed by atoms with E-state index in [1.165, 1.54) is 5.56 Å². The highest BCUT2D eigenvalue weighted by atomic mass is 16.5. The SMILES string of the molecule is O=C1C2=C(C(=O)c3ccccc31)[C@@H]1CCc3ccccc3[C@@H]1O2. The third kappa shape index (κ3) is 1.59. The number of benzene rings is 2. The van der Waals surface area contributed by atoms with Crippen LogP contribution in [-0.2, 0) is 11.2 Å². The molecule has 0 aromatic heterocycles. The highest BCUT2D eigenvalue weighted by molar-refractivity contribution is 6.26. The molecule has 2 aromatic carbocycles. The van der Waals surface area contributed by atoms with Gasteiger partial charge in [0.2, 0.25) is 5.78 Å². The molecule has 0 saturated carbocycles. The van der Waals surface area contributed by atoms with Crippen LogP contribution in [0.15, 0.2) is 59.9 Å². The number of hydrogen-bond donors (Lipinski definition) is 0. The first kappa shape index (κ1) is 12.8.